The van der Waals surface area contributed by atoms with Crippen molar-refractivity contribution >= 4 is 11.8 Å². The van der Waals surface area contributed by atoms with Crippen molar-refractivity contribution in [2.45, 2.75) is 20.3 Å². The molecule has 0 unspecified atom stereocenters. The minimum Gasteiger partial charge on any atom is -0.306 e. The molecule has 0 spiro atoms. The lowest BCUT2D eigenvalue weighted by Crippen LogP contribution is -1.92. The Bertz CT molecular complexity index is 995. The van der Waals surface area contributed by atoms with Gasteiger partial charge in [-0.1, -0.05) is 11.3 Å². The van der Waals surface area contributed by atoms with Gasteiger partial charge >= 0.3 is 0 Å². The third kappa shape index (κ3) is 3.77. The van der Waals surface area contributed by atoms with E-state index in [1.165, 1.54) is 12.2 Å². The summed E-state index contributed by atoms with van der Waals surface area (Å²) in [6.07, 6.45) is 11.6. The predicted octanol–water partition coefficient (Wildman–Crippen LogP) is 4.31. The third-order valence-electron chi connectivity index (χ3n) is 3.86. The lowest BCUT2D eigenvalue weighted by molar-refractivity contribution is 0.492. The van der Waals surface area contributed by atoms with Crippen LogP contribution in [0.2, 0.25) is 0 Å². The molecule has 3 aromatic rings. The zero-order valence-corrected chi connectivity index (χ0v) is 14.6. The van der Waals surface area contributed by atoms with Gasteiger partial charge in [0.15, 0.2) is 0 Å². The van der Waals surface area contributed by atoms with Crippen molar-refractivity contribution in [3.63, 3.8) is 0 Å². The van der Waals surface area contributed by atoms with Gasteiger partial charge in [0.25, 0.3) is 0 Å². The highest BCUT2D eigenvalue weighted by Crippen LogP contribution is 2.21. The first-order valence-corrected chi connectivity index (χ1v) is 8.25. The largest absolute Gasteiger partial charge is 0.306 e. The number of fused-ring (bicyclic) bond motifs is 1. The SMILES string of the molecule is C\C=C/C(F)=C\C=C\n1nnc(-c2ccc3nc(CCF)cn3c2)c1C. The summed E-state index contributed by atoms with van der Waals surface area (Å²) in [4.78, 5) is 4.36. The maximum absolute atomic E-state index is 13.3. The lowest BCUT2D eigenvalue weighted by Gasteiger charge is -2.00. The molecule has 0 aliphatic rings. The number of halogens is 2. The number of aromatic nitrogens is 5. The predicted molar refractivity (Wildman–Crippen MR) is 98.0 cm³/mol. The molecule has 0 atom stereocenters. The van der Waals surface area contributed by atoms with Crippen LogP contribution in [0, 0.1) is 6.92 Å². The molecule has 3 heterocycles. The topological polar surface area (TPSA) is 48.0 Å². The summed E-state index contributed by atoms with van der Waals surface area (Å²) >= 11 is 0. The van der Waals surface area contributed by atoms with Gasteiger partial charge in [-0.3, -0.25) is 4.39 Å². The molecule has 3 rings (SSSR count). The van der Waals surface area contributed by atoms with Crippen molar-refractivity contribution in [3.8, 4) is 11.3 Å². The summed E-state index contributed by atoms with van der Waals surface area (Å²) in [5.74, 6) is -0.337. The second kappa shape index (κ2) is 7.86. The molecule has 0 saturated carbocycles. The fourth-order valence-corrected chi connectivity index (χ4v) is 2.58. The van der Waals surface area contributed by atoms with Gasteiger partial charge in [-0.2, -0.15) is 0 Å². The molecule has 0 amide bonds. The molecule has 5 nitrogen and oxygen atoms in total. The van der Waals surface area contributed by atoms with Gasteiger partial charge in [-0.15, -0.1) is 5.10 Å². The summed E-state index contributed by atoms with van der Waals surface area (Å²) < 4.78 is 29.3. The van der Waals surface area contributed by atoms with Gasteiger partial charge < -0.3 is 4.40 Å². The molecule has 0 aromatic carbocycles. The molecule has 0 fully saturated rings. The molecule has 26 heavy (non-hydrogen) atoms. The number of hydrogen-bond donors (Lipinski definition) is 0. The van der Waals surface area contributed by atoms with Crippen molar-refractivity contribution in [3.05, 3.63) is 66.0 Å². The Morgan fingerprint density at radius 1 is 1.27 bits per heavy atom. The van der Waals surface area contributed by atoms with E-state index < -0.39 is 6.67 Å². The number of nitrogens with zero attached hydrogens (tertiary/aromatic N) is 5. The highest BCUT2D eigenvalue weighted by Gasteiger charge is 2.11. The molecule has 0 saturated heterocycles. The fraction of sp³-hybridized carbons (Fsp3) is 0.211. The first-order chi connectivity index (χ1) is 12.6. The van der Waals surface area contributed by atoms with E-state index in [2.05, 4.69) is 15.3 Å². The smallest absolute Gasteiger partial charge is 0.137 e. The number of allylic oxidation sites excluding steroid dienone is 5. The Hall–Kier alpha value is -3.09. The molecule has 3 aromatic heterocycles. The molecule has 0 aliphatic carbocycles. The maximum atomic E-state index is 13.3. The van der Waals surface area contributed by atoms with Crippen molar-refractivity contribution in [2.75, 3.05) is 6.67 Å². The Morgan fingerprint density at radius 2 is 2.12 bits per heavy atom. The third-order valence-corrected chi connectivity index (χ3v) is 3.86. The molecule has 7 heteroatoms. The van der Waals surface area contributed by atoms with Crippen LogP contribution in [0.15, 0.2) is 54.7 Å². The van der Waals surface area contributed by atoms with Crippen LogP contribution in [-0.4, -0.2) is 31.1 Å². The second-order valence-electron chi connectivity index (χ2n) is 5.72. The zero-order valence-electron chi connectivity index (χ0n) is 14.6. The monoisotopic (exact) mass is 355 g/mol. The van der Waals surface area contributed by atoms with Gasteiger partial charge in [0.1, 0.15) is 17.2 Å². The van der Waals surface area contributed by atoms with Crippen LogP contribution in [0.4, 0.5) is 8.78 Å². The number of rotatable bonds is 6. The Labute approximate surface area is 150 Å². The first kappa shape index (κ1) is 17.7. The van der Waals surface area contributed by atoms with Gasteiger partial charge in [-0.05, 0) is 44.2 Å². The molecule has 0 aliphatic heterocycles. The number of aryl methyl sites for hydroxylation is 1. The minimum atomic E-state index is -0.431. The van der Waals surface area contributed by atoms with E-state index in [9.17, 15) is 8.78 Å². The summed E-state index contributed by atoms with van der Waals surface area (Å²) in [5.41, 5.74) is 3.88. The van der Waals surface area contributed by atoms with Crippen molar-refractivity contribution in [2.24, 2.45) is 0 Å². The van der Waals surface area contributed by atoms with E-state index in [0.29, 0.717) is 12.1 Å². The van der Waals surface area contributed by atoms with Gasteiger partial charge in [0, 0.05) is 30.6 Å². The van der Waals surface area contributed by atoms with Crippen LogP contribution in [0.3, 0.4) is 0 Å². The maximum Gasteiger partial charge on any atom is 0.137 e. The quantitative estimate of drug-likeness (QED) is 0.619. The Kier molecular flexibility index (Phi) is 5.36. The summed E-state index contributed by atoms with van der Waals surface area (Å²) in [7, 11) is 0. The van der Waals surface area contributed by atoms with Crippen LogP contribution >= 0.6 is 0 Å². The van der Waals surface area contributed by atoms with Crippen molar-refractivity contribution in [1.82, 2.24) is 24.4 Å². The van der Waals surface area contributed by atoms with Gasteiger partial charge in [0.05, 0.1) is 18.1 Å². The highest BCUT2D eigenvalue weighted by atomic mass is 19.1. The van der Waals surface area contributed by atoms with E-state index >= 15 is 0 Å². The fourth-order valence-electron chi connectivity index (χ4n) is 2.58. The van der Waals surface area contributed by atoms with Crippen LogP contribution < -0.4 is 0 Å². The number of imidazole rings is 1. The lowest BCUT2D eigenvalue weighted by atomic mass is 10.2. The van der Waals surface area contributed by atoms with Gasteiger partial charge in [0.2, 0.25) is 0 Å². The van der Waals surface area contributed by atoms with E-state index in [0.717, 1.165) is 22.6 Å². The van der Waals surface area contributed by atoms with Crippen LogP contribution in [0.5, 0.6) is 0 Å². The molecule has 0 radical (unpaired) electrons. The van der Waals surface area contributed by atoms with Crippen LogP contribution in [-0.2, 0) is 6.42 Å². The number of pyridine rings is 1. The zero-order chi connectivity index (χ0) is 18.5. The second-order valence-corrected chi connectivity index (χ2v) is 5.72. The highest BCUT2D eigenvalue weighted by molar-refractivity contribution is 5.63. The Morgan fingerprint density at radius 3 is 2.88 bits per heavy atom. The van der Waals surface area contributed by atoms with E-state index in [1.54, 1.807) is 30.0 Å². The van der Waals surface area contributed by atoms with E-state index in [1.807, 2.05) is 35.9 Å². The van der Waals surface area contributed by atoms with Gasteiger partial charge in [-0.25, -0.2) is 14.1 Å². The van der Waals surface area contributed by atoms with Crippen molar-refractivity contribution < 1.29 is 8.78 Å². The van der Waals surface area contributed by atoms with E-state index in [4.69, 9.17) is 0 Å². The molecular weight excluding hydrogens is 336 g/mol. The summed E-state index contributed by atoms with van der Waals surface area (Å²) in [6.45, 7) is 3.21. The van der Waals surface area contributed by atoms with Crippen LogP contribution in [0.1, 0.15) is 18.3 Å². The first-order valence-electron chi connectivity index (χ1n) is 8.25. The molecule has 134 valence electrons. The Balaban J connectivity index is 1.88. The average molecular weight is 355 g/mol. The molecular formula is C19H19F2N5. The number of hydrogen-bond acceptors (Lipinski definition) is 3. The average Bonchev–Trinajstić information content (AvgIpc) is 3.18. The van der Waals surface area contributed by atoms with Crippen LogP contribution in [0.25, 0.3) is 23.1 Å². The summed E-state index contributed by atoms with van der Waals surface area (Å²) in [5, 5.41) is 8.29. The van der Waals surface area contributed by atoms with E-state index in [-0.39, 0.29) is 5.83 Å². The normalized spacial score (nSPS) is 12.8. The molecule has 0 bridgehead atoms. The number of alkyl halides is 1. The molecule has 0 N–H and O–H groups in total. The van der Waals surface area contributed by atoms with Crippen molar-refractivity contribution in [1.29, 1.82) is 0 Å². The summed E-state index contributed by atoms with van der Waals surface area (Å²) in [6, 6.07) is 3.76. The minimum absolute atomic E-state index is 0.300. The standard InChI is InChI=1S/C19H19F2N5/c1-3-5-16(21)6-4-11-26-14(2)19(23-24-26)15-7-8-18-22-17(9-10-20)13-25(18)12-15/h3-8,11-13H,9-10H2,1-2H3/b5-3-,11-4+,16-6+.